The fraction of sp³-hybridized carbons (Fsp3) is 0.692. The molecule has 1 aromatic heterocycles. The normalized spacial score (nSPS) is 15.1. The summed E-state index contributed by atoms with van der Waals surface area (Å²) in [5, 5.41) is 3.47. The van der Waals surface area contributed by atoms with Crippen LogP contribution in [0.4, 0.5) is 0 Å². The first kappa shape index (κ1) is 14.6. The van der Waals surface area contributed by atoms with Gasteiger partial charge in [-0.15, -0.1) is 0 Å². The van der Waals surface area contributed by atoms with Crippen molar-refractivity contribution < 1.29 is 4.42 Å². The summed E-state index contributed by atoms with van der Waals surface area (Å²) in [7, 11) is 2.18. The van der Waals surface area contributed by atoms with Gasteiger partial charge in [0.25, 0.3) is 0 Å². The maximum atomic E-state index is 5.36. The summed E-state index contributed by atoms with van der Waals surface area (Å²) in [6, 6.07) is 4.86. The summed E-state index contributed by atoms with van der Waals surface area (Å²) in [6.07, 6.45) is 3.88. The smallest absolute Gasteiger partial charge is 0.120 e. The number of likely N-dealkylation sites (N-methyl/N-ethyl adjacent to an activating group) is 1. The third-order valence-corrected chi connectivity index (χ3v) is 3.86. The van der Waals surface area contributed by atoms with Crippen molar-refractivity contribution in [2.45, 2.75) is 25.9 Å². The molecule has 0 bridgehead atoms. The lowest BCUT2D eigenvalue weighted by Gasteiger charge is -2.24. The number of rotatable bonds is 8. The van der Waals surface area contributed by atoms with Gasteiger partial charge in [0.1, 0.15) is 5.76 Å². The van der Waals surface area contributed by atoms with Crippen molar-refractivity contribution in [2.75, 3.05) is 32.1 Å². The Labute approximate surface area is 109 Å². The molecule has 0 fully saturated rings. The molecule has 0 aromatic carbocycles. The Hall–Kier alpha value is -0.450. The zero-order valence-corrected chi connectivity index (χ0v) is 12.1. The summed E-state index contributed by atoms with van der Waals surface area (Å²) in [5.74, 6) is 2.19. The molecule has 3 nitrogen and oxygen atoms in total. The molecule has 2 atom stereocenters. The second-order valence-corrected chi connectivity index (χ2v) is 5.39. The van der Waals surface area contributed by atoms with Crippen molar-refractivity contribution in [3.05, 3.63) is 24.2 Å². The van der Waals surface area contributed by atoms with Gasteiger partial charge in [0, 0.05) is 24.9 Å². The van der Waals surface area contributed by atoms with Crippen molar-refractivity contribution in [1.29, 1.82) is 0 Å². The van der Waals surface area contributed by atoms with Gasteiger partial charge in [0.05, 0.1) is 12.3 Å². The zero-order chi connectivity index (χ0) is 12.7. The maximum absolute atomic E-state index is 5.36. The average molecular weight is 256 g/mol. The van der Waals surface area contributed by atoms with Crippen LogP contribution in [0.25, 0.3) is 0 Å². The SMILES string of the molecule is CSCC(C)N(C)CCNC(C)c1ccco1. The first-order chi connectivity index (χ1) is 8.15. The zero-order valence-electron chi connectivity index (χ0n) is 11.3. The molecule has 0 aliphatic heterocycles. The molecule has 0 saturated carbocycles. The van der Waals surface area contributed by atoms with E-state index in [1.807, 2.05) is 23.9 Å². The molecule has 0 amide bonds. The van der Waals surface area contributed by atoms with E-state index in [-0.39, 0.29) is 6.04 Å². The molecule has 1 heterocycles. The molecule has 0 spiro atoms. The van der Waals surface area contributed by atoms with Gasteiger partial charge < -0.3 is 14.6 Å². The Balaban J connectivity index is 2.19. The lowest BCUT2D eigenvalue weighted by molar-refractivity contribution is 0.271. The minimum atomic E-state index is 0.286. The molecule has 1 N–H and O–H groups in total. The minimum Gasteiger partial charge on any atom is -0.468 e. The van der Waals surface area contributed by atoms with Crippen molar-refractivity contribution in [3.8, 4) is 0 Å². The molecular weight excluding hydrogens is 232 g/mol. The van der Waals surface area contributed by atoms with Crippen LogP contribution < -0.4 is 5.32 Å². The lowest BCUT2D eigenvalue weighted by Crippen LogP contribution is -2.37. The van der Waals surface area contributed by atoms with Gasteiger partial charge >= 0.3 is 0 Å². The van der Waals surface area contributed by atoms with E-state index >= 15 is 0 Å². The molecule has 17 heavy (non-hydrogen) atoms. The van der Waals surface area contributed by atoms with Crippen LogP contribution in [0.15, 0.2) is 22.8 Å². The van der Waals surface area contributed by atoms with Crippen LogP contribution in [0.1, 0.15) is 25.6 Å². The van der Waals surface area contributed by atoms with E-state index in [9.17, 15) is 0 Å². The predicted octanol–water partition coefficient (Wildman–Crippen LogP) is 2.61. The summed E-state index contributed by atoms with van der Waals surface area (Å²) < 4.78 is 5.36. The molecule has 4 heteroatoms. The number of nitrogens with zero attached hydrogens (tertiary/aromatic N) is 1. The molecule has 1 rings (SSSR count). The standard InChI is InChI=1S/C13H24N2OS/c1-11(10-17-4)15(3)8-7-14-12(2)13-6-5-9-16-13/h5-6,9,11-12,14H,7-8,10H2,1-4H3. The average Bonchev–Trinajstić information content (AvgIpc) is 2.82. The van der Waals surface area contributed by atoms with Gasteiger partial charge in [-0.25, -0.2) is 0 Å². The number of hydrogen-bond acceptors (Lipinski definition) is 4. The highest BCUT2D eigenvalue weighted by Crippen LogP contribution is 2.11. The summed E-state index contributed by atoms with van der Waals surface area (Å²) in [5.41, 5.74) is 0. The van der Waals surface area contributed by atoms with E-state index in [0.717, 1.165) is 18.8 Å². The molecular formula is C13H24N2OS. The molecule has 0 saturated heterocycles. The fourth-order valence-corrected chi connectivity index (χ4v) is 2.42. The number of thioether (sulfide) groups is 1. The van der Waals surface area contributed by atoms with E-state index in [2.05, 4.69) is 37.4 Å². The third-order valence-electron chi connectivity index (χ3n) is 3.05. The van der Waals surface area contributed by atoms with Gasteiger partial charge in [-0.05, 0) is 39.3 Å². The van der Waals surface area contributed by atoms with Crippen molar-refractivity contribution in [2.24, 2.45) is 0 Å². The third kappa shape index (κ3) is 5.15. The molecule has 1 aromatic rings. The van der Waals surface area contributed by atoms with Crippen LogP contribution in [-0.2, 0) is 0 Å². The second-order valence-electron chi connectivity index (χ2n) is 4.48. The molecule has 2 unspecified atom stereocenters. The number of hydrogen-bond donors (Lipinski definition) is 1. The molecule has 0 aliphatic carbocycles. The quantitative estimate of drug-likeness (QED) is 0.774. The van der Waals surface area contributed by atoms with Gasteiger partial charge in [-0.1, -0.05) is 0 Å². The van der Waals surface area contributed by atoms with Gasteiger partial charge in [-0.2, -0.15) is 11.8 Å². The number of furan rings is 1. The Kier molecular flexibility index (Phi) is 6.70. The maximum Gasteiger partial charge on any atom is 0.120 e. The summed E-state index contributed by atoms with van der Waals surface area (Å²) >= 11 is 1.90. The molecule has 0 radical (unpaired) electrons. The predicted molar refractivity (Wildman–Crippen MR) is 75.6 cm³/mol. The van der Waals surface area contributed by atoms with Crippen LogP contribution in [0.5, 0.6) is 0 Å². The second kappa shape index (κ2) is 7.80. The van der Waals surface area contributed by atoms with Gasteiger partial charge in [-0.3, -0.25) is 0 Å². The van der Waals surface area contributed by atoms with E-state index in [1.54, 1.807) is 6.26 Å². The highest BCUT2D eigenvalue weighted by Gasteiger charge is 2.10. The van der Waals surface area contributed by atoms with Crippen LogP contribution in [0.2, 0.25) is 0 Å². The van der Waals surface area contributed by atoms with Crippen LogP contribution in [-0.4, -0.2) is 43.1 Å². The Morgan fingerprint density at radius 1 is 1.47 bits per heavy atom. The topological polar surface area (TPSA) is 28.4 Å². The van der Waals surface area contributed by atoms with E-state index in [0.29, 0.717) is 6.04 Å². The largest absolute Gasteiger partial charge is 0.468 e. The highest BCUT2D eigenvalue weighted by atomic mass is 32.2. The molecule has 0 aliphatic rings. The first-order valence-corrected chi connectivity index (χ1v) is 7.50. The van der Waals surface area contributed by atoms with E-state index < -0.39 is 0 Å². The highest BCUT2D eigenvalue weighted by molar-refractivity contribution is 7.98. The van der Waals surface area contributed by atoms with Crippen LogP contribution in [0, 0.1) is 0 Å². The minimum absolute atomic E-state index is 0.286. The van der Waals surface area contributed by atoms with Gasteiger partial charge in [0.2, 0.25) is 0 Å². The van der Waals surface area contributed by atoms with E-state index in [1.165, 1.54) is 5.75 Å². The fourth-order valence-electron chi connectivity index (χ4n) is 1.68. The summed E-state index contributed by atoms with van der Waals surface area (Å²) in [4.78, 5) is 2.39. The monoisotopic (exact) mass is 256 g/mol. The van der Waals surface area contributed by atoms with E-state index in [4.69, 9.17) is 4.42 Å². The Morgan fingerprint density at radius 2 is 2.24 bits per heavy atom. The summed E-state index contributed by atoms with van der Waals surface area (Å²) in [6.45, 7) is 6.44. The van der Waals surface area contributed by atoms with Crippen molar-refractivity contribution in [1.82, 2.24) is 10.2 Å². The van der Waals surface area contributed by atoms with Gasteiger partial charge in [0.15, 0.2) is 0 Å². The van der Waals surface area contributed by atoms with Crippen LogP contribution in [0.3, 0.4) is 0 Å². The van der Waals surface area contributed by atoms with Crippen molar-refractivity contribution in [3.63, 3.8) is 0 Å². The van der Waals surface area contributed by atoms with Crippen molar-refractivity contribution >= 4 is 11.8 Å². The molecule has 98 valence electrons. The number of nitrogens with one attached hydrogen (secondary N) is 1. The van der Waals surface area contributed by atoms with Crippen LogP contribution >= 0.6 is 11.8 Å². The lowest BCUT2D eigenvalue weighted by atomic mass is 10.2. The Bertz CT molecular complexity index is 290. The first-order valence-electron chi connectivity index (χ1n) is 6.11. The Morgan fingerprint density at radius 3 is 2.82 bits per heavy atom.